The maximum atomic E-state index is 14.0. The van der Waals surface area contributed by atoms with Crippen LogP contribution in [0.3, 0.4) is 0 Å². The highest BCUT2D eigenvalue weighted by molar-refractivity contribution is 5.84. The van der Waals surface area contributed by atoms with Crippen LogP contribution in [0.25, 0.3) is 33.6 Å². The number of hydrogen-bond acceptors (Lipinski definition) is 5. The van der Waals surface area contributed by atoms with Crippen LogP contribution >= 0.6 is 0 Å². The van der Waals surface area contributed by atoms with Gasteiger partial charge >= 0.3 is 0 Å². The molecule has 2 amide bonds. The molecule has 0 bridgehead atoms. The third-order valence-electron chi connectivity index (χ3n) is 10.6. The Morgan fingerprint density at radius 1 is 0.764 bits per heavy atom. The summed E-state index contributed by atoms with van der Waals surface area (Å²) < 4.78 is 0. The van der Waals surface area contributed by atoms with Crippen molar-refractivity contribution in [3.8, 4) is 33.6 Å². The van der Waals surface area contributed by atoms with E-state index in [1.165, 1.54) is 0 Å². The fourth-order valence-corrected chi connectivity index (χ4v) is 7.56. The Labute approximate surface area is 324 Å². The number of aromatic amines is 2. The molecular formula is C46H51N7O2. The maximum Gasteiger partial charge on any atom is 0.245 e. The van der Waals surface area contributed by atoms with Crippen molar-refractivity contribution in [3.05, 3.63) is 144 Å². The highest BCUT2D eigenvalue weighted by Crippen LogP contribution is 2.34. The van der Waals surface area contributed by atoms with E-state index in [0.29, 0.717) is 19.5 Å². The number of carbonyl (C=O) groups excluding carboxylic acids is 2. The predicted molar refractivity (Wildman–Crippen MR) is 219 cm³/mol. The second-order valence-electron chi connectivity index (χ2n) is 14.7. The lowest BCUT2D eigenvalue weighted by atomic mass is 9.97. The number of likely N-dealkylation sites (N-methyl/N-ethyl adjacent to an activating group) is 1. The summed E-state index contributed by atoms with van der Waals surface area (Å²) in [4.78, 5) is 49.7. The molecule has 4 aromatic carbocycles. The molecule has 3 heterocycles. The second kappa shape index (κ2) is 17.6. The molecular weight excluding hydrogens is 683 g/mol. The number of piperidine rings is 1. The Hall–Kier alpha value is -5.80. The van der Waals surface area contributed by atoms with E-state index in [1.54, 1.807) is 0 Å². The van der Waals surface area contributed by atoms with Gasteiger partial charge < -0.3 is 19.8 Å². The molecule has 9 nitrogen and oxygen atoms in total. The van der Waals surface area contributed by atoms with Crippen molar-refractivity contribution < 1.29 is 9.59 Å². The third kappa shape index (κ3) is 8.95. The molecule has 0 spiro atoms. The summed E-state index contributed by atoms with van der Waals surface area (Å²) in [5.74, 6) is 1.84. The zero-order valence-corrected chi connectivity index (χ0v) is 32.1. The first-order valence-corrected chi connectivity index (χ1v) is 19.5. The molecule has 282 valence electrons. The van der Waals surface area contributed by atoms with E-state index >= 15 is 0 Å². The molecule has 0 saturated carbocycles. The lowest BCUT2D eigenvalue weighted by molar-refractivity contribution is -0.140. The molecule has 6 aromatic rings. The molecule has 1 fully saturated rings. The predicted octanol–water partition coefficient (Wildman–Crippen LogP) is 8.86. The zero-order valence-electron chi connectivity index (χ0n) is 32.1. The zero-order chi connectivity index (χ0) is 38.1. The van der Waals surface area contributed by atoms with Crippen LogP contribution in [0, 0.1) is 0 Å². The topological polar surface area (TPSA) is 101 Å². The summed E-state index contributed by atoms with van der Waals surface area (Å²) in [6, 6.07) is 36.5. The van der Waals surface area contributed by atoms with Gasteiger partial charge in [0.2, 0.25) is 11.8 Å². The average Bonchev–Trinajstić information content (AvgIpc) is 3.91. The van der Waals surface area contributed by atoms with Crippen LogP contribution in [0.1, 0.15) is 73.9 Å². The Kier molecular flexibility index (Phi) is 12.0. The van der Waals surface area contributed by atoms with Gasteiger partial charge in [-0.15, -0.1) is 0 Å². The van der Waals surface area contributed by atoms with Gasteiger partial charge in [0.25, 0.3) is 0 Å². The molecule has 0 unspecified atom stereocenters. The Morgan fingerprint density at radius 3 is 2.00 bits per heavy atom. The quantitative estimate of drug-likeness (QED) is 0.117. The van der Waals surface area contributed by atoms with Gasteiger partial charge in [-0.25, -0.2) is 9.97 Å². The monoisotopic (exact) mass is 733 g/mol. The van der Waals surface area contributed by atoms with E-state index in [9.17, 15) is 9.59 Å². The van der Waals surface area contributed by atoms with E-state index in [4.69, 9.17) is 4.98 Å². The Morgan fingerprint density at radius 2 is 1.36 bits per heavy atom. The highest BCUT2D eigenvalue weighted by atomic mass is 16.2. The van der Waals surface area contributed by atoms with E-state index in [2.05, 4.69) is 70.4 Å². The number of nitrogens with zero attached hydrogens (tertiary/aromatic N) is 5. The molecule has 9 heteroatoms. The minimum absolute atomic E-state index is 0.0907. The van der Waals surface area contributed by atoms with Crippen LogP contribution < -0.4 is 0 Å². The van der Waals surface area contributed by atoms with Crippen molar-refractivity contribution in [1.29, 1.82) is 0 Å². The van der Waals surface area contributed by atoms with Gasteiger partial charge in [-0.3, -0.25) is 14.5 Å². The molecule has 0 radical (unpaired) electrons. The third-order valence-corrected chi connectivity index (χ3v) is 10.6. The molecule has 1 aliphatic rings. The van der Waals surface area contributed by atoms with Crippen molar-refractivity contribution >= 4 is 11.8 Å². The molecule has 0 aliphatic carbocycles. The second-order valence-corrected chi connectivity index (χ2v) is 14.7. The van der Waals surface area contributed by atoms with Crippen LogP contribution in [0.4, 0.5) is 0 Å². The molecule has 2 atom stereocenters. The van der Waals surface area contributed by atoms with Gasteiger partial charge in [-0.2, -0.15) is 0 Å². The van der Waals surface area contributed by atoms with Crippen LogP contribution in [-0.2, 0) is 22.6 Å². The lowest BCUT2D eigenvalue weighted by Gasteiger charge is -2.38. The van der Waals surface area contributed by atoms with Crippen LogP contribution in [0.2, 0.25) is 0 Å². The van der Waals surface area contributed by atoms with Crippen LogP contribution in [0.5, 0.6) is 0 Å². The summed E-state index contributed by atoms with van der Waals surface area (Å²) >= 11 is 0. The summed E-state index contributed by atoms with van der Waals surface area (Å²) in [5, 5.41) is 0. The van der Waals surface area contributed by atoms with Crippen LogP contribution in [-0.4, -0.2) is 73.6 Å². The SMILES string of the molecule is CCCCN(Cc1ncc(-c2ccc(-c3ccc(-c4cnc([C@@H]5CCCCN5C(=O)[C@@H](c5ccccc5)N(C)C)[nH]4)cc3)cc2)[nH]1)C(=O)Cc1ccccc1. The van der Waals surface area contributed by atoms with Crippen molar-refractivity contribution in [2.45, 2.75) is 64.1 Å². The molecule has 55 heavy (non-hydrogen) atoms. The summed E-state index contributed by atoms with van der Waals surface area (Å²) in [5.41, 5.74) is 8.19. The van der Waals surface area contributed by atoms with E-state index in [-0.39, 0.29) is 23.9 Å². The van der Waals surface area contributed by atoms with Crippen molar-refractivity contribution in [2.24, 2.45) is 0 Å². The number of imidazole rings is 2. The normalized spacial score (nSPS) is 14.9. The van der Waals surface area contributed by atoms with E-state index in [0.717, 1.165) is 95.1 Å². The molecule has 2 aromatic heterocycles. The number of likely N-dealkylation sites (tertiary alicyclic amines) is 1. The first kappa shape index (κ1) is 37.5. The lowest BCUT2D eigenvalue weighted by Crippen LogP contribution is -2.45. The van der Waals surface area contributed by atoms with Gasteiger partial charge in [-0.05, 0) is 73.2 Å². The number of hydrogen-bond donors (Lipinski definition) is 2. The number of H-pyrrole nitrogens is 2. The fraction of sp³-hybridized carbons (Fsp3) is 0.304. The van der Waals surface area contributed by atoms with E-state index < -0.39 is 0 Å². The van der Waals surface area contributed by atoms with Gasteiger partial charge in [0.1, 0.15) is 17.7 Å². The summed E-state index contributed by atoms with van der Waals surface area (Å²) in [6.07, 6.45) is 9.03. The van der Waals surface area contributed by atoms with Gasteiger partial charge in [0.15, 0.2) is 0 Å². The number of amides is 2. The van der Waals surface area contributed by atoms with Crippen molar-refractivity contribution in [3.63, 3.8) is 0 Å². The van der Waals surface area contributed by atoms with Crippen molar-refractivity contribution in [1.82, 2.24) is 34.6 Å². The van der Waals surface area contributed by atoms with Crippen LogP contribution in [0.15, 0.2) is 122 Å². The summed E-state index contributed by atoms with van der Waals surface area (Å²) in [6.45, 7) is 4.03. The number of nitrogens with one attached hydrogen (secondary N) is 2. The molecule has 2 N–H and O–H groups in total. The van der Waals surface area contributed by atoms with Gasteiger partial charge in [0, 0.05) is 13.1 Å². The maximum absolute atomic E-state index is 14.0. The Bertz CT molecular complexity index is 2140. The molecule has 1 aliphatic heterocycles. The van der Waals surface area contributed by atoms with Gasteiger partial charge in [-0.1, -0.05) is 123 Å². The number of carbonyl (C=O) groups is 2. The minimum atomic E-state index is -0.344. The van der Waals surface area contributed by atoms with Crippen molar-refractivity contribution in [2.75, 3.05) is 27.2 Å². The smallest absolute Gasteiger partial charge is 0.245 e. The largest absolute Gasteiger partial charge is 0.341 e. The number of aromatic nitrogens is 4. The Balaban J connectivity index is 1.00. The van der Waals surface area contributed by atoms with Gasteiger partial charge in [0.05, 0.1) is 42.8 Å². The summed E-state index contributed by atoms with van der Waals surface area (Å²) in [7, 11) is 3.93. The number of unbranched alkanes of at least 4 members (excludes halogenated alkanes) is 1. The standard InChI is InChI=1S/C46H51N7O2/c1-4-5-27-52(43(54)29-33-14-8-6-9-15-33)32-42-47-30-39(49-42)36-23-19-34(20-24-36)35-21-25-37(26-22-35)40-31-48-45(50-40)41-18-12-13-28-53(41)46(55)44(51(2)3)38-16-10-7-11-17-38/h6-11,14-17,19-26,30-31,41,44H,4-5,12-13,18,27-29,32H2,1-3H3,(H,47,49)(H,48,50)/t41-,44+/m0/s1. The first-order chi connectivity index (χ1) is 26.9. The minimum Gasteiger partial charge on any atom is -0.341 e. The highest BCUT2D eigenvalue weighted by Gasteiger charge is 2.35. The molecule has 1 saturated heterocycles. The molecule has 7 rings (SSSR count). The van der Waals surface area contributed by atoms with E-state index in [1.807, 2.05) is 102 Å². The average molecular weight is 734 g/mol. The number of benzene rings is 4. The fourth-order valence-electron chi connectivity index (χ4n) is 7.56. The number of rotatable bonds is 14. The first-order valence-electron chi connectivity index (χ1n) is 19.5.